The number of pyridine rings is 1. The molecule has 10 rings (SSSR count). The predicted octanol–water partition coefficient (Wildman–Crippen LogP) is 13.2. The lowest BCUT2D eigenvalue weighted by molar-refractivity contribution is 0.730. The number of benzene rings is 6. The zero-order valence-electron chi connectivity index (χ0n) is 30.7. The number of nitrogens with zero attached hydrogens (tertiary/aromatic N) is 3. The van der Waals surface area contributed by atoms with Gasteiger partial charge in [0.05, 0.1) is 34.2 Å². The SMILES string of the molecule is C=C(N=C1c2nc(-c3ccccc3)ccc2C=CC1CC)c1ccc(-c2cccc(C3=Nc4c(c5ccccc5c5ccccc45)C4C=CC=CC34)c2)cc1. The van der Waals surface area contributed by atoms with Gasteiger partial charge in [-0.25, -0.2) is 4.98 Å². The number of rotatable bonds is 6. The smallest absolute Gasteiger partial charge is 0.0930 e. The van der Waals surface area contributed by atoms with Gasteiger partial charge < -0.3 is 0 Å². The molecule has 3 unspecified atom stereocenters. The highest BCUT2D eigenvalue weighted by atomic mass is 14.8. The summed E-state index contributed by atoms with van der Waals surface area (Å²) in [5.74, 6) is 0.522. The van der Waals surface area contributed by atoms with E-state index in [-0.39, 0.29) is 17.8 Å². The van der Waals surface area contributed by atoms with E-state index in [0.717, 1.165) is 74.0 Å². The van der Waals surface area contributed by atoms with Gasteiger partial charge in [0.25, 0.3) is 0 Å². The minimum Gasteiger partial charge on any atom is -0.251 e. The van der Waals surface area contributed by atoms with Crippen molar-refractivity contribution in [3.8, 4) is 22.4 Å². The third kappa shape index (κ3) is 5.71. The molecule has 2 heterocycles. The number of allylic oxidation sites excluding steroid dienone is 5. The highest BCUT2D eigenvalue weighted by Crippen LogP contribution is 2.50. The van der Waals surface area contributed by atoms with Crippen molar-refractivity contribution in [1.82, 2.24) is 4.98 Å². The third-order valence-corrected chi connectivity index (χ3v) is 11.5. The molecular formula is C52H39N3. The molecule has 55 heavy (non-hydrogen) atoms. The summed E-state index contributed by atoms with van der Waals surface area (Å²) < 4.78 is 0. The van der Waals surface area contributed by atoms with Gasteiger partial charge in [0, 0.05) is 34.3 Å². The molecule has 0 saturated heterocycles. The van der Waals surface area contributed by atoms with Crippen LogP contribution in [0.4, 0.5) is 5.69 Å². The fourth-order valence-electron chi connectivity index (χ4n) is 8.66. The van der Waals surface area contributed by atoms with Crippen LogP contribution in [0.1, 0.15) is 47.2 Å². The topological polar surface area (TPSA) is 37.6 Å². The number of hydrogen-bond acceptors (Lipinski definition) is 3. The van der Waals surface area contributed by atoms with Crippen LogP contribution in [0.5, 0.6) is 0 Å². The van der Waals surface area contributed by atoms with Crippen LogP contribution < -0.4 is 0 Å². The summed E-state index contributed by atoms with van der Waals surface area (Å²) in [6.45, 7) is 6.65. The summed E-state index contributed by atoms with van der Waals surface area (Å²) in [7, 11) is 0. The number of hydrogen-bond donors (Lipinski definition) is 0. The van der Waals surface area contributed by atoms with Crippen molar-refractivity contribution in [2.45, 2.75) is 19.3 Å². The van der Waals surface area contributed by atoms with Gasteiger partial charge in [-0.1, -0.05) is 177 Å². The first-order valence-electron chi connectivity index (χ1n) is 19.3. The lowest BCUT2D eigenvalue weighted by Crippen LogP contribution is -2.25. The minimum atomic E-state index is 0.145. The molecule has 0 amide bonds. The van der Waals surface area contributed by atoms with Crippen LogP contribution in [0, 0.1) is 11.8 Å². The van der Waals surface area contributed by atoms with Crippen LogP contribution in [0.25, 0.3) is 55.7 Å². The molecule has 3 aliphatic rings. The molecule has 3 heteroatoms. The first kappa shape index (κ1) is 32.9. The first-order valence-corrected chi connectivity index (χ1v) is 19.3. The average Bonchev–Trinajstić information content (AvgIpc) is 3.26. The molecule has 0 spiro atoms. The fraction of sp³-hybridized carbons (Fsp3) is 0.0962. The van der Waals surface area contributed by atoms with Gasteiger partial charge in [-0.05, 0) is 62.5 Å². The zero-order valence-corrected chi connectivity index (χ0v) is 30.7. The Labute approximate surface area is 322 Å². The van der Waals surface area contributed by atoms with Crippen LogP contribution in [-0.2, 0) is 0 Å². The molecule has 0 N–H and O–H groups in total. The normalized spacial score (nSPS) is 18.9. The number of fused-ring (bicyclic) bond motifs is 9. The van der Waals surface area contributed by atoms with E-state index in [1.54, 1.807) is 0 Å². The van der Waals surface area contributed by atoms with E-state index >= 15 is 0 Å². The fourth-order valence-corrected chi connectivity index (χ4v) is 8.66. The van der Waals surface area contributed by atoms with Crippen LogP contribution >= 0.6 is 0 Å². The summed E-state index contributed by atoms with van der Waals surface area (Å²) in [5.41, 5.74) is 13.7. The Morgan fingerprint density at radius 3 is 2.07 bits per heavy atom. The van der Waals surface area contributed by atoms with Crippen molar-refractivity contribution in [3.05, 3.63) is 204 Å². The maximum atomic E-state index is 5.55. The molecule has 0 saturated carbocycles. The maximum absolute atomic E-state index is 5.55. The van der Waals surface area contributed by atoms with Gasteiger partial charge in [0.2, 0.25) is 0 Å². The largest absolute Gasteiger partial charge is 0.251 e. The van der Waals surface area contributed by atoms with Crippen LogP contribution in [0.2, 0.25) is 0 Å². The highest BCUT2D eigenvalue weighted by Gasteiger charge is 2.34. The summed E-state index contributed by atoms with van der Waals surface area (Å²) in [5, 5.41) is 5.03. The van der Waals surface area contributed by atoms with Gasteiger partial charge in [-0.3, -0.25) is 9.98 Å². The number of aromatic nitrogens is 1. The van der Waals surface area contributed by atoms with Crippen LogP contribution in [-0.4, -0.2) is 16.4 Å². The molecule has 0 fully saturated rings. The molecule has 3 atom stereocenters. The molecule has 1 aliphatic heterocycles. The van der Waals surface area contributed by atoms with Crippen LogP contribution in [0.3, 0.4) is 0 Å². The van der Waals surface area contributed by atoms with Crippen molar-refractivity contribution >= 4 is 50.4 Å². The summed E-state index contributed by atoms with van der Waals surface area (Å²) in [6.07, 6.45) is 14.4. The Morgan fingerprint density at radius 1 is 0.618 bits per heavy atom. The lowest BCUT2D eigenvalue weighted by Gasteiger charge is -2.33. The van der Waals surface area contributed by atoms with E-state index in [9.17, 15) is 0 Å². The molecular weight excluding hydrogens is 667 g/mol. The third-order valence-electron chi connectivity index (χ3n) is 11.5. The van der Waals surface area contributed by atoms with Crippen molar-refractivity contribution < 1.29 is 0 Å². The molecule has 6 aromatic carbocycles. The van der Waals surface area contributed by atoms with Gasteiger partial charge in [-0.2, -0.15) is 0 Å². The Morgan fingerprint density at radius 2 is 1.29 bits per heavy atom. The zero-order chi connectivity index (χ0) is 36.9. The predicted molar refractivity (Wildman–Crippen MR) is 232 cm³/mol. The highest BCUT2D eigenvalue weighted by molar-refractivity contribution is 6.18. The quantitative estimate of drug-likeness (QED) is 0.159. The molecule has 7 aromatic rings. The van der Waals surface area contributed by atoms with Gasteiger partial charge in [-0.15, -0.1) is 0 Å². The Balaban J connectivity index is 0.995. The monoisotopic (exact) mass is 705 g/mol. The molecule has 1 aromatic heterocycles. The van der Waals surface area contributed by atoms with Crippen molar-refractivity contribution in [2.75, 3.05) is 0 Å². The van der Waals surface area contributed by atoms with E-state index < -0.39 is 0 Å². The second-order valence-corrected chi connectivity index (χ2v) is 14.6. The van der Waals surface area contributed by atoms with Gasteiger partial charge in [0.1, 0.15) is 0 Å². The second-order valence-electron chi connectivity index (χ2n) is 14.6. The molecule has 0 radical (unpaired) electrons. The van der Waals surface area contributed by atoms with E-state index in [1.807, 2.05) is 6.07 Å². The van der Waals surface area contributed by atoms with E-state index in [2.05, 4.69) is 183 Å². The molecule has 262 valence electrons. The standard InChI is InChI=1S/C52H39N3/c1-3-34-24-29-38-30-31-47(37-14-5-4-6-15-37)54-51(38)50(34)53-33(2)35-25-27-36(28-26-35)39-16-13-17-40(32-39)49-46-23-12-10-21-44(46)48-43-20-9-7-18-41(43)42-19-8-11-22-45(42)52(48)55-49/h4-32,34,44,46H,2-3H2,1H3. The number of aliphatic imine (C=N–C) groups is 2. The van der Waals surface area contributed by atoms with E-state index in [4.69, 9.17) is 15.0 Å². The van der Waals surface area contributed by atoms with Crippen LogP contribution in [0.15, 0.2) is 186 Å². The summed E-state index contributed by atoms with van der Waals surface area (Å²) in [6, 6.07) is 49.6. The van der Waals surface area contributed by atoms with Crippen molar-refractivity contribution in [2.24, 2.45) is 21.8 Å². The maximum Gasteiger partial charge on any atom is 0.0930 e. The minimum absolute atomic E-state index is 0.145. The summed E-state index contributed by atoms with van der Waals surface area (Å²) in [4.78, 5) is 15.9. The molecule has 2 aliphatic carbocycles. The van der Waals surface area contributed by atoms with Gasteiger partial charge in [0.15, 0.2) is 0 Å². The average molecular weight is 706 g/mol. The Bertz CT molecular complexity index is 2820. The molecule has 3 nitrogen and oxygen atoms in total. The Kier molecular flexibility index (Phi) is 8.14. The summed E-state index contributed by atoms with van der Waals surface area (Å²) >= 11 is 0. The van der Waals surface area contributed by atoms with E-state index in [1.165, 1.54) is 27.1 Å². The molecule has 0 bridgehead atoms. The Hall–Kier alpha value is -6.71. The first-order chi connectivity index (χ1) is 27.1. The second kappa shape index (κ2) is 13.6. The van der Waals surface area contributed by atoms with E-state index in [0.29, 0.717) is 0 Å². The van der Waals surface area contributed by atoms with Crippen molar-refractivity contribution in [1.29, 1.82) is 0 Å². The lowest BCUT2D eigenvalue weighted by atomic mass is 9.73. The van der Waals surface area contributed by atoms with Crippen molar-refractivity contribution in [3.63, 3.8) is 0 Å². The van der Waals surface area contributed by atoms with Gasteiger partial charge >= 0.3 is 0 Å².